The molecule has 0 radical (unpaired) electrons. The number of imidazole rings is 1. The van der Waals surface area contributed by atoms with Crippen molar-refractivity contribution in [2.75, 3.05) is 25.4 Å². The molecule has 0 aliphatic heterocycles. The minimum Gasteiger partial charge on any atom is -0.369 e. The molecule has 0 unspecified atom stereocenters. The molecule has 2 rings (SSSR count). The molecule has 0 spiro atoms. The van der Waals surface area contributed by atoms with E-state index in [-0.39, 0.29) is 11.5 Å². The van der Waals surface area contributed by atoms with E-state index in [9.17, 15) is 8.78 Å². The van der Waals surface area contributed by atoms with Gasteiger partial charge in [-0.2, -0.15) is 0 Å². The number of fused-ring (bicyclic) bond motifs is 1. The molecule has 2 N–H and O–H groups in total. The molecule has 4 nitrogen and oxygen atoms in total. The van der Waals surface area contributed by atoms with Crippen LogP contribution in [0.3, 0.4) is 0 Å². The van der Waals surface area contributed by atoms with Crippen molar-refractivity contribution in [3.05, 3.63) is 23.8 Å². The first-order valence-electron chi connectivity index (χ1n) is 6.89. The largest absolute Gasteiger partial charge is 0.369 e. The summed E-state index contributed by atoms with van der Waals surface area (Å²) in [5.41, 5.74) is 6.35. The first kappa shape index (κ1) is 14.7. The molecule has 0 saturated heterocycles. The average molecular weight is 282 g/mol. The monoisotopic (exact) mass is 282 g/mol. The molecular formula is C14H20F2N4. The van der Waals surface area contributed by atoms with Crippen LogP contribution in [0.2, 0.25) is 0 Å². The first-order chi connectivity index (χ1) is 9.56. The molecule has 0 fully saturated rings. The normalized spacial score (nSPS) is 11.7. The quantitative estimate of drug-likeness (QED) is 0.886. The molecule has 1 heterocycles. The van der Waals surface area contributed by atoms with Gasteiger partial charge in [-0.1, -0.05) is 13.8 Å². The van der Waals surface area contributed by atoms with Crippen molar-refractivity contribution in [1.29, 1.82) is 0 Å². The van der Waals surface area contributed by atoms with E-state index in [1.165, 1.54) is 6.07 Å². The maximum absolute atomic E-state index is 13.6. The molecule has 0 amide bonds. The number of halogens is 2. The SMILES string of the molecule is CCN(CC)CCCn1c(N)nc2c(F)cc(F)cc21. The van der Waals surface area contributed by atoms with E-state index < -0.39 is 11.6 Å². The van der Waals surface area contributed by atoms with Gasteiger partial charge in [-0.05, 0) is 26.1 Å². The van der Waals surface area contributed by atoms with Crippen LogP contribution < -0.4 is 5.73 Å². The Hall–Kier alpha value is -1.69. The van der Waals surface area contributed by atoms with Crippen LogP contribution in [0, 0.1) is 11.6 Å². The van der Waals surface area contributed by atoms with Crippen LogP contribution in [-0.4, -0.2) is 34.1 Å². The van der Waals surface area contributed by atoms with Gasteiger partial charge in [0.25, 0.3) is 0 Å². The van der Waals surface area contributed by atoms with E-state index in [1.807, 2.05) is 0 Å². The highest BCUT2D eigenvalue weighted by Gasteiger charge is 2.13. The highest BCUT2D eigenvalue weighted by Crippen LogP contribution is 2.22. The van der Waals surface area contributed by atoms with E-state index in [1.54, 1.807) is 4.57 Å². The number of aryl methyl sites for hydroxylation is 1. The van der Waals surface area contributed by atoms with Crippen LogP contribution in [0.5, 0.6) is 0 Å². The van der Waals surface area contributed by atoms with Gasteiger partial charge >= 0.3 is 0 Å². The number of nitrogen functional groups attached to an aromatic ring is 1. The summed E-state index contributed by atoms with van der Waals surface area (Å²) in [6.07, 6.45) is 0.857. The lowest BCUT2D eigenvalue weighted by molar-refractivity contribution is 0.294. The van der Waals surface area contributed by atoms with Gasteiger partial charge in [0.1, 0.15) is 11.3 Å². The van der Waals surface area contributed by atoms with Crippen molar-refractivity contribution in [3.8, 4) is 0 Å². The molecule has 0 aliphatic rings. The lowest BCUT2D eigenvalue weighted by Gasteiger charge is -2.18. The molecular weight excluding hydrogens is 262 g/mol. The van der Waals surface area contributed by atoms with Gasteiger partial charge in [-0.15, -0.1) is 0 Å². The molecule has 1 aromatic carbocycles. The van der Waals surface area contributed by atoms with Crippen LogP contribution in [0.1, 0.15) is 20.3 Å². The van der Waals surface area contributed by atoms with Gasteiger partial charge in [0.15, 0.2) is 5.82 Å². The number of hydrogen-bond donors (Lipinski definition) is 1. The van der Waals surface area contributed by atoms with Crippen molar-refractivity contribution in [2.24, 2.45) is 0 Å². The van der Waals surface area contributed by atoms with Gasteiger partial charge < -0.3 is 15.2 Å². The molecule has 6 heteroatoms. The summed E-state index contributed by atoms with van der Waals surface area (Å²) in [6.45, 7) is 7.70. The second-order valence-electron chi connectivity index (χ2n) is 4.76. The molecule has 0 bridgehead atoms. The number of rotatable bonds is 6. The lowest BCUT2D eigenvalue weighted by Crippen LogP contribution is -2.25. The van der Waals surface area contributed by atoms with E-state index in [4.69, 9.17) is 5.73 Å². The second kappa shape index (κ2) is 6.17. The zero-order chi connectivity index (χ0) is 14.7. The van der Waals surface area contributed by atoms with Crippen LogP contribution >= 0.6 is 0 Å². The van der Waals surface area contributed by atoms with E-state index >= 15 is 0 Å². The summed E-state index contributed by atoms with van der Waals surface area (Å²) >= 11 is 0. The molecule has 20 heavy (non-hydrogen) atoms. The first-order valence-corrected chi connectivity index (χ1v) is 6.89. The van der Waals surface area contributed by atoms with Crippen LogP contribution in [0.15, 0.2) is 12.1 Å². The Morgan fingerprint density at radius 2 is 1.95 bits per heavy atom. The predicted octanol–water partition coefficient (Wildman–Crippen LogP) is 2.63. The Labute approximate surface area is 117 Å². The zero-order valence-electron chi connectivity index (χ0n) is 11.9. The number of anilines is 1. The predicted molar refractivity (Wildman–Crippen MR) is 76.5 cm³/mol. The van der Waals surface area contributed by atoms with Crippen molar-refractivity contribution in [2.45, 2.75) is 26.8 Å². The summed E-state index contributed by atoms with van der Waals surface area (Å²) in [7, 11) is 0. The van der Waals surface area contributed by atoms with Gasteiger partial charge in [0.05, 0.1) is 5.52 Å². The summed E-state index contributed by atoms with van der Waals surface area (Å²) in [5.74, 6) is -1.06. The number of hydrogen-bond acceptors (Lipinski definition) is 3. The van der Waals surface area contributed by atoms with Crippen LogP contribution in [0.4, 0.5) is 14.7 Å². The molecule has 0 saturated carbocycles. The lowest BCUT2D eigenvalue weighted by atomic mass is 10.3. The summed E-state index contributed by atoms with van der Waals surface area (Å²) in [5, 5.41) is 0. The summed E-state index contributed by atoms with van der Waals surface area (Å²) in [4.78, 5) is 6.27. The van der Waals surface area contributed by atoms with E-state index in [2.05, 4.69) is 23.7 Å². The summed E-state index contributed by atoms with van der Waals surface area (Å²) < 4.78 is 28.6. The minimum absolute atomic E-state index is 0.131. The highest BCUT2D eigenvalue weighted by molar-refractivity contribution is 5.79. The molecule has 110 valence electrons. The zero-order valence-corrected chi connectivity index (χ0v) is 11.9. The standard InChI is InChI=1S/C14H20F2N4/c1-3-19(4-2)6-5-7-20-12-9-10(15)8-11(16)13(12)18-14(20)17/h8-9H,3-7H2,1-2H3,(H2,17,18). The maximum atomic E-state index is 13.6. The molecule has 1 aromatic heterocycles. The third kappa shape index (κ3) is 2.90. The van der Waals surface area contributed by atoms with Crippen molar-refractivity contribution in [1.82, 2.24) is 14.5 Å². The van der Waals surface area contributed by atoms with Crippen molar-refractivity contribution < 1.29 is 8.78 Å². The number of aromatic nitrogens is 2. The van der Waals surface area contributed by atoms with E-state index in [0.717, 1.165) is 32.1 Å². The van der Waals surface area contributed by atoms with Gasteiger partial charge in [0.2, 0.25) is 5.95 Å². The molecule has 0 atom stereocenters. The number of benzene rings is 1. The summed E-state index contributed by atoms with van der Waals surface area (Å²) in [6, 6.07) is 2.11. The van der Waals surface area contributed by atoms with Crippen LogP contribution in [-0.2, 0) is 6.54 Å². The minimum atomic E-state index is -0.672. The van der Waals surface area contributed by atoms with Crippen LogP contribution in [0.25, 0.3) is 11.0 Å². The number of nitrogens with zero attached hydrogens (tertiary/aromatic N) is 3. The van der Waals surface area contributed by atoms with Crippen molar-refractivity contribution >= 4 is 17.0 Å². The van der Waals surface area contributed by atoms with Crippen molar-refractivity contribution in [3.63, 3.8) is 0 Å². The fourth-order valence-electron chi connectivity index (χ4n) is 2.39. The van der Waals surface area contributed by atoms with E-state index in [0.29, 0.717) is 12.1 Å². The Bertz CT molecular complexity index is 590. The van der Waals surface area contributed by atoms with Gasteiger partial charge in [0, 0.05) is 18.7 Å². The molecule has 2 aromatic rings. The Morgan fingerprint density at radius 3 is 2.60 bits per heavy atom. The van der Waals surface area contributed by atoms with Gasteiger partial charge in [-0.25, -0.2) is 13.8 Å². The second-order valence-corrected chi connectivity index (χ2v) is 4.76. The maximum Gasteiger partial charge on any atom is 0.201 e. The Kier molecular flexibility index (Phi) is 4.54. The average Bonchev–Trinajstić information content (AvgIpc) is 2.72. The molecule has 0 aliphatic carbocycles. The third-order valence-corrected chi connectivity index (χ3v) is 3.55. The van der Waals surface area contributed by atoms with Gasteiger partial charge in [-0.3, -0.25) is 0 Å². The Balaban J connectivity index is 2.19. The fraction of sp³-hybridized carbons (Fsp3) is 0.500. The smallest absolute Gasteiger partial charge is 0.201 e. The topological polar surface area (TPSA) is 47.1 Å². The fourth-order valence-corrected chi connectivity index (χ4v) is 2.39. The number of nitrogens with two attached hydrogens (primary N) is 1. The third-order valence-electron chi connectivity index (χ3n) is 3.55. The Morgan fingerprint density at radius 1 is 1.25 bits per heavy atom. The highest BCUT2D eigenvalue weighted by atomic mass is 19.1.